The number of aromatic amines is 1. The number of benzene rings is 1. The Morgan fingerprint density at radius 3 is 2.94 bits per heavy atom. The first kappa shape index (κ1) is 12.0. The van der Waals surface area contributed by atoms with Crippen molar-refractivity contribution in [2.45, 2.75) is 38.3 Å². The van der Waals surface area contributed by atoms with Gasteiger partial charge >= 0.3 is 0 Å². The zero-order chi connectivity index (χ0) is 11.6. The molecular weight excluding hydrogens is 251 g/mol. The molecule has 2 aliphatic heterocycles. The van der Waals surface area contributed by atoms with Gasteiger partial charge in [0, 0.05) is 29.6 Å². The lowest BCUT2D eigenvalue weighted by atomic mass is 9.97. The molecule has 2 aliphatic rings. The average molecular weight is 267 g/mol. The Morgan fingerprint density at radius 1 is 1.28 bits per heavy atom. The van der Waals surface area contributed by atoms with Gasteiger partial charge in [-0.05, 0) is 37.0 Å². The van der Waals surface area contributed by atoms with Crippen molar-refractivity contribution in [2.75, 3.05) is 0 Å². The largest absolute Gasteiger partial charge is 0.356 e. The van der Waals surface area contributed by atoms with E-state index in [1.54, 1.807) is 6.07 Å². The summed E-state index contributed by atoms with van der Waals surface area (Å²) in [5.41, 5.74) is 4.44. The van der Waals surface area contributed by atoms with Gasteiger partial charge < -0.3 is 10.3 Å². The zero-order valence-electron chi connectivity index (χ0n) is 10.2. The van der Waals surface area contributed by atoms with Crippen LogP contribution in [-0.4, -0.2) is 11.0 Å². The van der Waals surface area contributed by atoms with E-state index in [2.05, 4.69) is 17.2 Å². The topological polar surface area (TPSA) is 27.8 Å². The molecule has 2 aromatic rings. The van der Waals surface area contributed by atoms with Gasteiger partial charge in [0.15, 0.2) is 0 Å². The van der Waals surface area contributed by atoms with Crippen LogP contribution in [0.1, 0.15) is 35.7 Å². The van der Waals surface area contributed by atoms with E-state index >= 15 is 0 Å². The number of aryl methyl sites for hydroxylation is 1. The third kappa shape index (κ3) is 1.44. The number of hydrogen-bond donors (Lipinski definition) is 2. The number of hydrogen-bond acceptors (Lipinski definition) is 1. The molecule has 1 aromatic heterocycles. The highest BCUT2D eigenvalue weighted by Gasteiger charge is 2.35. The Labute approximate surface area is 111 Å². The van der Waals surface area contributed by atoms with Gasteiger partial charge in [0.25, 0.3) is 0 Å². The van der Waals surface area contributed by atoms with Gasteiger partial charge in [0.2, 0.25) is 0 Å². The summed E-state index contributed by atoms with van der Waals surface area (Å²) in [6.07, 6.45) is 3.43. The maximum absolute atomic E-state index is 13.8. The zero-order valence-corrected chi connectivity index (χ0v) is 11.0. The molecule has 0 saturated carbocycles. The second-order valence-electron chi connectivity index (χ2n) is 5.33. The highest BCUT2D eigenvalue weighted by atomic mass is 35.5. The standard InChI is InChI=1S/C14H15FN2.ClH/c1-7-2-4-9(15)14-12(7)13-10-5-3-8(16-10)6-11(13)17-14;/h2,4,8,10,16-17H,3,5-6H2,1H3;1H. The van der Waals surface area contributed by atoms with Crippen molar-refractivity contribution >= 4 is 23.3 Å². The molecule has 1 fully saturated rings. The van der Waals surface area contributed by atoms with Gasteiger partial charge in [-0.25, -0.2) is 4.39 Å². The van der Waals surface area contributed by atoms with E-state index in [0.717, 1.165) is 11.8 Å². The Kier molecular flexibility index (Phi) is 2.65. The molecule has 0 radical (unpaired) electrons. The summed E-state index contributed by atoms with van der Waals surface area (Å²) in [7, 11) is 0. The Morgan fingerprint density at radius 2 is 2.11 bits per heavy atom. The van der Waals surface area contributed by atoms with E-state index in [0.29, 0.717) is 17.6 Å². The summed E-state index contributed by atoms with van der Waals surface area (Å²) in [6, 6.07) is 4.46. The van der Waals surface area contributed by atoms with Gasteiger partial charge in [0.05, 0.1) is 5.52 Å². The lowest BCUT2D eigenvalue weighted by Crippen LogP contribution is -2.31. The van der Waals surface area contributed by atoms with Crippen LogP contribution in [0.3, 0.4) is 0 Å². The fourth-order valence-corrected chi connectivity index (χ4v) is 3.52. The van der Waals surface area contributed by atoms with Crippen LogP contribution in [0.15, 0.2) is 12.1 Å². The van der Waals surface area contributed by atoms with Gasteiger partial charge in [0.1, 0.15) is 5.82 Å². The normalized spacial score (nSPS) is 25.0. The Bertz CT molecular complexity index is 620. The number of aromatic nitrogens is 1. The van der Waals surface area contributed by atoms with E-state index in [-0.39, 0.29) is 18.2 Å². The molecule has 2 N–H and O–H groups in total. The summed E-state index contributed by atoms with van der Waals surface area (Å²) in [4.78, 5) is 3.31. The summed E-state index contributed by atoms with van der Waals surface area (Å²) >= 11 is 0. The molecular formula is C14H16ClFN2. The molecule has 1 aromatic carbocycles. The third-order valence-electron chi connectivity index (χ3n) is 4.27. The van der Waals surface area contributed by atoms with Crippen LogP contribution >= 0.6 is 12.4 Å². The molecule has 0 aliphatic carbocycles. The fourth-order valence-electron chi connectivity index (χ4n) is 3.52. The number of nitrogens with one attached hydrogen (secondary N) is 2. The molecule has 96 valence electrons. The minimum atomic E-state index is -0.129. The molecule has 3 heterocycles. The van der Waals surface area contributed by atoms with Gasteiger partial charge in [-0.1, -0.05) is 6.07 Å². The van der Waals surface area contributed by atoms with Crippen LogP contribution in [0.4, 0.5) is 4.39 Å². The van der Waals surface area contributed by atoms with Crippen LogP contribution in [0.2, 0.25) is 0 Å². The lowest BCUT2D eigenvalue weighted by Gasteiger charge is -2.22. The monoisotopic (exact) mass is 266 g/mol. The number of fused-ring (bicyclic) bond motifs is 6. The fraction of sp³-hybridized carbons (Fsp3) is 0.429. The van der Waals surface area contributed by atoms with Gasteiger partial charge in [-0.2, -0.15) is 0 Å². The molecule has 4 rings (SSSR count). The highest BCUT2D eigenvalue weighted by Crippen LogP contribution is 2.41. The van der Waals surface area contributed by atoms with Crippen molar-refractivity contribution in [3.05, 3.63) is 34.8 Å². The minimum Gasteiger partial charge on any atom is -0.356 e. The SMILES string of the molecule is Cc1ccc(F)c2[nH]c3c(c12)C1CCC(C3)N1.Cl. The van der Waals surface area contributed by atoms with Crippen LogP contribution in [0, 0.1) is 12.7 Å². The van der Waals surface area contributed by atoms with Gasteiger partial charge in [-0.15, -0.1) is 12.4 Å². The Hall–Kier alpha value is -1.06. The second-order valence-corrected chi connectivity index (χ2v) is 5.33. The van der Waals surface area contributed by atoms with Crippen LogP contribution in [0.25, 0.3) is 10.9 Å². The molecule has 2 atom stereocenters. The minimum absolute atomic E-state index is 0. The summed E-state index contributed by atoms with van der Waals surface area (Å²) < 4.78 is 13.8. The summed E-state index contributed by atoms with van der Waals surface area (Å²) in [5, 5.41) is 4.74. The first-order valence-electron chi connectivity index (χ1n) is 6.29. The summed E-state index contributed by atoms with van der Waals surface area (Å²) in [6.45, 7) is 2.07. The van der Waals surface area contributed by atoms with Gasteiger partial charge in [-0.3, -0.25) is 0 Å². The van der Waals surface area contributed by atoms with Crippen molar-refractivity contribution in [3.8, 4) is 0 Å². The molecule has 2 unspecified atom stereocenters. The summed E-state index contributed by atoms with van der Waals surface area (Å²) in [5.74, 6) is -0.129. The van der Waals surface area contributed by atoms with E-state index in [4.69, 9.17) is 0 Å². The number of halogens is 2. The lowest BCUT2D eigenvalue weighted by molar-refractivity contribution is 0.513. The molecule has 2 nitrogen and oxygen atoms in total. The number of rotatable bonds is 0. The van der Waals surface area contributed by atoms with E-state index < -0.39 is 0 Å². The van der Waals surface area contributed by atoms with Crippen molar-refractivity contribution in [1.29, 1.82) is 0 Å². The van der Waals surface area contributed by atoms with Crippen LogP contribution < -0.4 is 5.32 Å². The predicted octanol–water partition coefficient (Wildman–Crippen LogP) is 3.39. The quantitative estimate of drug-likeness (QED) is 0.752. The average Bonchev–Trinajstić information content (AvgIpc) is 2.88. The smallest absolute Gasteiger partial charge is 0.147 e. The maximum atomic E-state index is 13.8. The number of H-pyrrole nitrogens is 1. The predicted molar refractivity (Wildman–Crippen MR) is 72.8 cm³/mol. The molecule has 0 spiro atoms. The molecule has 1 saturated heterocycles. The van der Waals surface area contributed by atoms with E-state index in [1.807, 2.05) is 6.07 Å². The van der Waals surface area contributed by atoms with Crippen LogP contribution in [0.5, 0.6) is 0 Å². The van der Waals surface area contributed by atoms with Crippen molar-refractivity contribution in [1.82, 2.24) is 10.3 Å². The van der Waals surface area contributed by atoms with Crippen molar-refractivity contribution < 1.29 is 4.39 Å². The van der Waals surface area contributed by atoms with E-state index in [1.165, 1.54) is 29.7 Å². The van der Waals surface area contributed by atoms with Crippen molar-refractivity contribution in [2.24, 2.45) is 0 Å². The van der Waals surface area contributed by atoms with Crippen molar-refractivity contribution in [3.63, 3.8) is 0 Å². The Balaban J connectivity index is 0.000001000. The first-order chi connectivity index (χ1) is 8.24. The molecule has 0 amide bonds. The third-order valence-corrected chi connectivity index (χ3v) is 4.27. The molecule has 18 heavy (non-hydrogen) atoms. The first-order valence-corrected chi connectivity index (χ1v) is 6.29. The molecule has 4 heteroatoms. The van der Waals surface area contributed by atoms with Crippen LogP contribution in [-0.2, 0) is 6.42 Å². The van der Waals surface area contributed by atoms with E-state index in [9.17, 15) is 4.39 Å². The molecule has 2 bridgehead atoms. The highest BCUT2D eigenvalue weighted by molar-refractivity contribution is 5.89. The maximum Gasteiger partial charge on any atom is 0.147 e. The second kappa shape index (κ2) is 3.97.